The number of rotatable bonds is 4. The van der Waals surface area contributed by atoms with Crippen molar-refractivity contribution in [2.24, 2.45) is 0 Å². The number of carbonyl (C=O) groups is 2. The number of nitrogens with zero attached hydrogens (tertiary/aromatic N) is 2. The maximum atomic E-state index is 11.9. The zero-order valence-corrected chi connectivity index (χ0v) is 11.3. The van der Waals surface area contributed by atoms with Crippen molar-refractivity contribution in [2.45, 2.75) is 6.54 Å². The van der Waals surface area contributed by atoms with Gasteiger partial charge in [-0.25, -0.2) is 0 Å². The number of carboxylic acid groups (broad SMARTS) is 1. The summed E-state index contributed by atoms with van der Waals surface area (Å²) in [5, 5.41) is 15.1. The maximum Gasteiger partial charge on any atom is 0.325 e. The molecule has 0 saturated heterocycles. The molecule has 2 N–H and O–H groups in total. The number of anilines is 1. The van der Waals surface area contributed by atoms with Crippen LogP contribution >= 0.6 is 15.9 Å². The summed E-state index contributed by atoms with van der Waals surface area (Å²) in [6.45, 7) is -0.242. The normalized spacial score (nSPS) is 10.2. The van der Waals surface area contributed by atoms with Crippen LogP contribution < -0.4 is 5.32 Å². The van der Waals surface area contributed by atoms with E-state index in [1.54, 1.807) is 24.3 Å². The smallest absolute Gasteiger partial charge is 0.325 e. The van der Waals surface area contributed by atoms with Gasteiger partial charge in [0.25, 0.3) is 5.91 Å². The number of aromatic nitrogens is 2. The Morgan fingerprint density at radius 2 is 2.00 bits per heavy atom. The van der Waals surface area contributed by atoms with Crippen molar-refractivity contribution >= 4 is 33.5 Å². The molecule has 0 spiro atoms. The third-order valence-corrected chi connectivity index (χ3v) is 2.82. The van der Waals surface area contributed by atoms with Crippen LogP contribution in [0, 0.1) is 0 Å². The fourth-order valence-corrected chi connectivity index (χ4v) is 1.72. The van der Waals surface area contributed by atoms with Gasteiger partial charge in [0.15, 0.2) is 0 Å². The van der Waals surface area contributed by atoms with Gasteiger partial charge in [-0.05, 0) is 24.3 Å². The van der Waals surface area contributed by atoms with E-state index in [0.29, 0.717) is 11.3 Å². The van der Waals surface area contributed by atoms with Crippen molar-refractivity contribution < 1.29 is 14.7 Å². The number of halogens is 1. The van der Waals surface area contributed by atoms with Crippen LogP contribution in [0.3, 0.4) is 0 Å². The van der Waals surface area contributed by atoms with Crippen LogP contribution in [0.5, 0.6) is 0 Å². The number of aliphatic carboxylic acids is 1. The molecule has 0 unspecified atom stereocenters. The zero-order valence-electron chi connectivity index (χ0n) is 9.71. The van der Waals surface area contributed by atoms with E-state index in [2.05, 4.69) is 26.3 Å². The van der Waals surface area contributed by atoms with Gasteiger partial charge in [0.05, 0.1) is 11.9 Å². The van der Waals surface area contributed by atoms with Gasteiger partial charge in [0, 0.05) is 16.2 Å². The molecule has 0 atom stereocenters. The molecule has 1 aromatic carbocycles. The molecular formula is C12H10BrN3O3. The Morgan fingerprint density at radius 1 is 1.32 bits per heavy atom. The van der Waals surface area contributed by atoms with Crippen molar-refractivity contribution in [1.82, 2.24) is 9.78 Å². The molecule has 1 aromatic heterocycles. The van der Waals surface area contributed by atoms with Crippen LogP contribution in [0.25, 0.3) is 0 Å². The van der Waals surface area contributed by atoms with E-state index in [1.165, 1.54) is 17.1 Å². The lowest BCUT2D eigenvalue weighted by atomic mass is 10.2. The third kappa shape index (κ3) is 3.65. The number of amides is 1. The first-order valence-electron chi connectivity index (χ1n) is 5.36. The Kier molecular flexibility index (Phi) is 3.96. The molecule has 0 aliphatic carbocycles. The second kappa shape index (κ2) is 5.66. The Bertz CT molecular complexity index is 607. The van der Waals surface area contributed by atoms with Crippen LogP contribution in [0.1, 0.15) is 10.4 Å². The summed E-state index contributed by atoms with van der Waals surface area (Å²) in [6, 6.07) is 6.90. The molecule has 7 heteroatoms. The largest absolute Gasteiger partial charge is 0.480 e. The third-order valence-electron chi connectivity index (χ3n) is 2.29. The minimum Gasteiger partial charge on any atom is -0.480 e. The summed E-state index contributed by atoms with van der Waals surface area (Å²) >= 11 is 3.29. The Morgan fingerprint density at radius 3 is 2.63 bits per heavy atom. The topological polar surface area (TPSA) is 84.2 Å². The first-order valence-corrected chi connectivity index (χ1v) is 6.15. The van der Waals surface area contributed by atoms with Gasteiger partial charge in [0.1, 0.15) is 6.54 Å². The molecule has 19 heavy (non-hydrogen) atoms. The van der Waals surface area contributed by atoms with Crippen molar-refractivity contribution in [2.75, 3.05) is 5.32 Å². The van der Waals surface area contributed by atoms with Crippen molar-refractivity contribution in [3.05, 3.63) is 46.7 Å². The van der Waals surface area contributed by atoms with Crippen molar-refractivity contribution in [1.29, 1.82) is 0 Å². The van der Waals surface area contributed by atoms with Gasteiger partial charge in [-0.1, -0.05) is 15.9 Å². The number of nitrogens with one attached hydrogen (secondary N) is 1. The molecule has 2 rings (SSSR count). The highest BCUT2D eigenvalue weighted by Crippen LogP contribution is 2.12. The second-order valence-electron chi connectivity index (χ2n) is 3.78. The molecule has 0 aliphatic heterocycles. The summed E-state index contributed by atoms with van der Waals surface area (Å²) in [5.41, 5.74) is 0.961. The summed E-state index contributed by atoms with van der Waals surface area (Å²) in [5.74, 6) is -1.27. The maximum absolute atomic E-state index is 11.9. The van der Waals surface area contributed by atoms with E-state index in [1.807, 2.05) is 0 Å². The number of carbonyl (C=O) groups excluding carboxylic acids is 1. The highest BCUT2D eigenvalue weighted by molar-refractivity contribution is 9.10. The van der Waals surface area contributed by atoms with Gasteiger partial charge in [0.2, 0.25) is 0 Å². The predicted molar refractivity (Wildman–Crippen MR) is 72.0 cm³/mol. The van der Waals surface area contributed by atoms with Crippen LogP contribution in [0.2, 0.25) is 0 Å². The average Bonchev–Trinajstić information content (AvgIpc) is 2.76. The summed E-state index contributed by atoms with van der Waals surface area (Å²) in [6.07, 6.45) is 2.87. The van der Waals surface area contributed by atoms with Gasteiger partial charge < -0.3 is 10.4 Å². The van der Waals surface area contributed by atoms with Crippen LogP contribution in [-0.4, -0.2) is 26.8 Å². The molecule has 0 bridgehead atoms. The van der Waals surface area contributed by atoms with E-state index < -0.39 is 5.97 Å². The minimum atomic E-state index is -0.992. The summed E-state index contributed by atoms with van der Waals surface area (Å²) in [4.78, 5) is 22.4. The molecule has 2 aromatic rings. The van der Waals surface area contributed by atoms with Crippen LogP contribution in [-0.2, 0) is 11.3 Å². The van der Waals surface area contributed by atoms with Crippen molar-refractivity contribution in [3.63, 3.8) is 0 Å². The number of benzene rings is 1. The summed E-state index contributed by atoms with van der Waals surface area (Å²) < 4.78 is 2.12. The monoisotopic (exact) mass is 323 g/mol. The van der Waals surface area contributed by atoms with Crippen LogP contribution in [0.4, 0.5) is 5.69 Å². The van der Waals surface area contributed by atoms with E-state index in [-0.39, 0.29) is 12.5 Å². The van der Waals surface area contributed by atoms with Gasteiger partial charge in [-0.2, -0.15) is 5.10 Å². The quantitative estimate of drug-likeness (QED) is 0.901. The highest BCUT2D eigenvalue weighted by Gasteiger charge is 2.08. The lowest BCUT2D eigenvalue weighted by Crippen LogP contribution is -2.11. The fraction of sp³-hybridized carbons (Fsp3) is 0.0833. The molecule has 0 aliphatic rings. The minimum absolute atomic E-state index is 0.242. The first-order chi connectivity index (χ1) is 9.04. The van der Waals surface area contributed by atoms with Crippen molar-refractivity contribution in [3.8, 4) is 0 Å². The van der Waals surface area contributed by atoms with Gasteiger partial charge in [-0.3, -0.25) is 14.3 Å². The van der Waals surface area contributed by atoms with E-state index in [4.69, 9.17) is 5.11 Å². The first kappa shape index (κ1) is 13.3. The van der Waals surface area contributed by atoms with Gasteiger partial charge >= 0.3 is 5.97 Å². The van der Waals surface area contributed by atoms with Crippen LogP contribution in [0.15, 0.2) is 41.1 Å². The number of hydrogen-bond acceptors (Lipinski definition) is 3. The molecular weight excluding hydrogens is 314 g/mol. The van der Waals surface area contributed by atoms with E-state index >= 15 is 0 Å². The Labute approximate surface area is 117 Å². The molecule has 98 valence electrons. The Hall–Kier alpha value is -2.15. The molecule has 0 radical (unpaired) electrons. The summed E-state index contributed by atoms with van der Waals surface area (Å²) in [7, 11) is 0. The van der Waals surface area contributed by atoms with Gasteiger partial charge in [-0.15, -0.1) is 0 Å². The number of carboxylic acids is 1. The predicted octanol–water partition coefficient (Wildman–Crippen LogP) is 1.98. The molecule has 1 heterocycles. The number of hydrogen-bond donors (Lipinski definition) is 2. The molecule has 1 amide bonds. The Balaban J connectivity index is 2.04. The average molecular weight is 324 g/mol. The SMILES string of the molecule is O=C(O)Cn1cc(NC(=O)c2ccc(Br)cc2)cn1. The van der Waals surface area contributed by atoms with E-state index in [9.17, 15) is 9.59 Å². The molecule has 0 fully saturated rings. The lowest BCUT2D eigenvalue weighted by molar-refractivity contribution is -0.137. The fourth-order valence-electron chi connectivity index (χ4n) is 1.46. The van der Waals surface area contributed by atoms with E-state index in [0.717, 1.165) is 4.47 Å². The zero-order chi connectivity index (χ0) is 13.8. The standard InChI is InChI=1S/C12H10BrN3O3/c13-9-3-1-8(2-4-9)12(19)15-10-5-14-16(6-10)7-11(17)18/h1-6H,7H2,(H,15,19)(H,17,18). The lowest BCUT2D eigenvalue weighted by Gasteiger charge is -2.02. The second-order valence-corrected chi connectivity index (χ2v) is 4.70. The molecule has 6 nitrogen and oxygen atoms in total. The highest BCUT2D eigenvalue weighted by atomic mass is 79.9. The molecule has 0 saturated carbocycles.